The fraction of sp³-hybridized carbons (Fsp3) is 0.409. The maximum atomic E-state index is 13.0. The van der Waals surface area contributed by atoms with Gasteiger partial charge in [0, 0.05) is 32.5 Å². The molecule has 180 valence electrons. The van der Waals surface area contributed by atoms with Gasteiger partial charge in [-0.25, -0.2) is 14.8 Å². The Kier molecular flexibility index (Phi) is 6.89. The number of nitrogens with zero attached hydrogens (tertiary/aromatic N) is 5. The third kappa shape index (κ3) is 4.63. The summed E-state index contributed by atoms with van der Waals surface area (Å²) in [5.41, 5.74) is 7.96. The molecular weight excluding hydrogens is 442 g/mol. The Bertz CT molecular complexity index is 1310. The summed E-state index contributed by atoms with van der Waals surface area (Å²) in [6.07, 6.45) is 4.02. The highest BCUT2D eigenvalue weighted by molar-refractivity contribution is 6.00. The molecule has 0 atom stereocenters. The van der Waals surface area contributed by atoms with Crippen LogP contribution < -0.4 is 27.1 Å². The van der Waals surface area contributed by atoms with Crippen LogP contribution in [0.2, 0.25) is 0 Å². The number of nitrogen functional groups attached to an aromatic ring is 1. The standard InChI is InChI=1S/C22H27N7O5/c1-27-20(31)16-6-5-14(4-3-7-28-8-10-34-11-9-28)18(33-2)17(16)29(22(27)32)26-19(30)15-12-24-21(23)25-13-15/h5-6,12-13H,3-4,7-11H2,1-2H3,(H,26,30)(H2,23,24,25). The van der Waals surface area contributed by atoms with Crippen molar-refractivity contribution in [2.75, 3.05) is 51.1 Å². The van der Waals surface area contributed by atoms with Gasteiger partial charge in [-0.15, -0.1) is 0 Å². The summed E-state index contributed by atoms with van der Waals surface area (Å²) in [5, 5.41) is 0.240. The quantitative estimate of drug-likeness (QED) is 0.477. The molecule has 1 saturated heterocycles. The van der Waals surface area contributed by atoms with E-state index in [1.165, 1.54) is 26.6 Å². The second-order valence-electron chi connectivity index (χ2n) is 7.96. The van der Waals surface area contributed by atoms with Gasteiger partial charge in [-0.1, -0.05) is 6.07 Å². The highest BCUT2D eigenvalue weighted by Crippen LogP contribution is 2.28. The third-order valence-electron chi connectivity index (χ3n) is 5.83. The number of nitrogens with two attached hydrogens (primary N) is 1. The van der Waals surface area contributed by atoms with Crippen molar-refractivity contribution in [1.29, 1.82) is 0 Å². The van der Waals surface area contributed by atoms with Crippen LogP contribution in [-0.2, 0) is 18.2 Å². The molecule has 1 aliphatic heterocycles. The van der Waals surface area contributed by atoms with Crippen LogP contribution in [0.5, 0.6) is 5.75 Å². The molecule has 12 heteroatoms. The lowest BCUT2D eigenvalue weighted by molar-refractivity contribution is 0.0374. The number of aromatic nitrogens is 4. The van der Waals surface area contributed by atoms with Crippen molar-refractivity contribution < 1.29 is 14.3 Å². The number of amides is 1. The Morgan fingerprint density at radius 2 is 1.91 bits per heavy atom. The summed E-state index contributed by atoms with van der Waals surface area (Å²) in [7, 11) is 2.82. The van der Waals surface area contributed by atoms with Gasteiger partial charge in [0.05, 0.1) is 31.3 Å². The molecule has 0 radical (unpaired) electrons. The van der Waals surface area contributed by atoms with Crippen molar-refractivity contribution >= 4 is 22.8 Å². The molecule has 0 bridgehead atoms. The van der Waals surface area contributed by atoms with Crippen LogP contribution in [0.15, 0.2) is 34.1 Å². The lowest BCUT2D eigenvalue weighted by Crippen LogP contribution is -2.43. The molecule has 3 N–H and O–H groups in total. The molecular formula is C22H27N7O5. The number of morpholine rings is 1. The van der Waals surface area contributed by atoms with Crippen molar-refractivity contribution in [3.63, 3.8) is 0 Å². The van der Waals surface area contributed by atoms with E-state index in [0.29, 0.717) is 12.2 Å². The molecule has 3 heterocycles. The summed E-state index contributed by atoms with van der Waals surface area (Å²) >= 11 is 0. The number of anilines is 1. The fourth-order valence-corrected chi connectivity index (χ4v) is 3.99. The number of nitrogens with one attached hydrogen (secondary N) is 1. The van der Waals surface area contributed by atoms with E-state index >= 15 is 0 Å². The first-order valence-corrected chi connectivity index (χ1v) is 10.9. The van der Waals surface area contributed by atoms with E-state index in [9.17, 15) is 14.4 Å². The zero-order valence-corrected chi connectivity index (χ0v) is 19.1. The van der Waals surface area contributed by atoms with Gasteiger partial charge in [0.1, 0.15) is 11.3 Å². The van der Waals surface area contributed by atoms with E-state index in [2.05, 4.69) is 20.3 Å². The number of hydrogen-bond acceptors (Lipinski definition) is 9. The van der Waals surface area contributed by atoms with Gasteiger partial charge in [-0.2, -0.15) is 4.68 Å². The van der Waals surface area contributed by atoms with Crippen molar-refractivity contribution in [2.24, 2.45) is 7.05 Å². The molecule has 34 heavy (non-hydrogen) atoms. The van der Waals surface area contributed by atoms with Crippen molar-refractivity contribution in [3.05, 3.63) is 56.5 Å². The number of methoxy groups -OCH3 is 1. The molecule has 1 fully saturated rings. The summed E-state index contributed by atoms with van der Waals surface area (Å²) < 4.78 is 13.0. The van der Waals surface area contributed by atoms with E-state index in [1.54, 1.807) is 6.07 Å². The van der Waals surface area contributed by atoms with Crippen LogP contribution in [0.1, 0.15) is 22.3 Å². The second-order valence-corrected chi connectivity index (χ2v) is 7.96. The lowest BCUT2D eigenvalue weighted by atomic mass is 10.1. The molecule has 12 nitrogen and oxygen atoms in total. The Balaban J connectivity index is 1.72. The molecule has 1 aromatic carbocycles. The highest BCUT2D eigenvalue weighted by atomic mass is 16.5. The Labute approximate surface area is 194 Å². The Morgan fingerprint density at radius 3 is 2.59 bits per heavy atom. The molecule has 1 aliphatic rings. The zero-order chi connectivity index (χ0) is 24.2. The van der Waals surface area contributed by atoms with Crippen molar-refractivity contribution in [2.45, 2.75) is 12.8 Å². The molecule has 0 aliphatic carbocycles. The van der Waals surface area contributed by atoms with Crippen LogP contribution in [0.25, 0.3) is 10.9 Å². The number of carbonyl (C=O) groups is 1. The predicted molar refractivity (Wildman–Crippen MR) is 126 cm³/mol. The van der Waals surface area contributed by atoms with Crippen LogP contribution in [-0.4, -0.2) is 70.0 Å². The third-order valence-corrected chi connectivity index (χ3v) is 5.83. The summed E-state index contributed by atoms with van der Waals surface area (Å²) in [6.45, 7) is 4.14. The number of aryl methyl sites for hydroxylation is 1. The highest BCUT2D eigenvalue weighted by Gasteiger charge is 2.20. The van der Waals surface area contributed by atoms with Crippen LogP contribution in [0.4, 0.5) is 5.95 Å². The minimum absolute atomic E-state index is 0.0182. The topological polar surface area (TPSA) is 147 Å². The molecule has 0 unspecified atom stereocenters. The van der Waals surface area contributed by atoms with Gasteiger partial charge in [0.2, 0.25) is 5.95 Å². The number of rotatable bonds is 7. The maximum Gasteiger partial charge on any atom is 0.350 e. The van der Waals surface area contributed by atoms with Crippen molar-refractivity contribution in [1.82, 2.24) is 24.1 Å². The molecule has 4 rings (SSSR count). The molecule has 0 saturated carbocycles. The van der Waals surface area contributed by atoms with E-state index < -0.39 is 17.2 Å². The van der Waals surface area contributed by atoms with Gasteiger partial charge in [0.25, 0.3) is 11.5 Å². The molecule has 1 amide bonds. The molecule has 2 aromatic heterocycles. The van der Waals surface area contributed by atoms with Gasteiger partial charge < -0.3 is 15.2 Å². The SMILES string of the molecule is COc1c(CCCN2CCOCC2)ccc2c(=O)n(C)c(=O)n(NC(=O)c3cnc(N)nc3)c12. The Hall–Kier alpha value is -3.77. The van der Waals surface area contributed by atoms with Gasteiger partial charge >= 0.3 is 5.69 Å². The normalized spacial score (nSPS) is 14.3. The van der Waals surface area contributed by atoms with Crippen LogP contribution in [0.3, 0.4) is 0 Å². The number of benzene rings is 1. The van der Waals surface area contributed by atoms with E-state index in [-0.39, 0.29) is 22.4 Å². The van der Waals surface area contributed by atoms with E-state index in [4.69, 9.17) is 15.2 Å². The first-order chi connectivity index (χ1) is 16.4. The van der Waals surface area contributed by atoms with Gasteiger partial charge in [0.15, 0.2) is 0 Å². The molecule has 0 spiro atoms. The van der Waals surface area contributed by atoms with Crippen LogP contribution >= 0.6 is 0 Å². The minimum Gasteiger partial charge on any atom is -0.494 e. The van der Waals surface area contributed by atoms with E-state index in [0.717, 1.165) is 54.1 Å². The number of ether oxygens (including phenoxy) is 2. The first-order valence-electron chi connectivity index (χ1n) is 10.9. The largest absolute Gasteiger partial charge is 0.494 e. The average Bonchev–Trinajstić information content (AvgIpc) is 2.86. The number of fused-ring (bicyclic) bond motifs is 1. The number of hydrogen-bond donors (Lipinski definition) is 2. The predicted octanol–water partition coefficient (Wildman–Crippen LogP) is -0.270. The summed E-state index contributed by atoms with van der Waals surface area (Å²) in [6, 6.07) is 3.48. The average molecular weight is 470 g/mol. The van der Waals surface area contributed by atoms with Gasteiger partial charge in [-0.05, 0) is 31.0 Å². The molecule has 3 aromatic rings. The summed E-state index contributed by atoms with van der Waals surface area (Å²) in [5.74, 6) is -0.255. The summed E-state index contributed by atoms with van der Waals surface area (Å²) in [4.78, 5) is 48.6. The maximum absolute atomic E-state index is 13.0. The lowest BCUT2D eigenvalue weighted by Gasteiger charge is -2.26. The second kappa shape index (κ2) is 10.0. The zero-order valence-electron chi connectivity index (χ0n) is 19.1. The van der Waals surface area contributed by atoms with Gasteiger partial charge in [-0.3, -0.25) is 24.5 Å². The minimum atomic E-state index is -0.717. The smallest absolute Gasteiger partial charge is 0.350 e. The van der Waals surface area contributed by atoms with E-state index in [1.807, 2.05) is 6.07 Å². The monoisotopic (exact) mass is 469 g/mol. The number of carbonyl (C=O) groups excluding carboxylic acids is 1. The fourth-order valence-electron chi connectivity index (χ4n) is 3.99. The Morgan fingerprint density at radius 1 is 1.21 bits per heavy atom. The van der Waals surface area contributed by atoms with Crippen LogP contribution in [0, 0.1) is 0 Å². The first kappa shape index (κ1) is 23.4. The van der Waals surface area contributed by atoms with Crippen molar-refractivity contribution in [3.8, 4) is 5.75 Å².